The van der Waals surface area contributed by atoms with Gasteiger partial charge in [-0.25, -0.2) is 0 Å². The molecule has 3 nitrogen and oxygen atoms in total. The predicted octanol–water partition coefficient (Wildman–Crippen LogP) is 4.24. The second-order valence-corrected chi connectivity index (χ2v) is 5.45. The molecule has 0 bridgehead atoms. The predicted molar refractivity (Wildman–Crippen MR) is 83.5 cm³/mol. The molecular weight excluding hydrogens is 250 g/mol. The Morgan fingerprint density at radius 1 is 1.20 bits per heavy atom. The molecule has 1 aliphatic rings. The lowest BCUT2D eigenvalue weighted by atomic mass is 10.2. The van der Waals surface area contributed by atoms with Crippen molar-refractivity contribution in [1.82, 2.24) is 0 Å². The quantitative estimate of drug-likeness (QED) is 0.685. The largest absolute Gasteiger partial charge is 0.494 e. The minimum Gasteiger partial charge on any atom is -0.494 e. The minimum atomic E-state index is 0.379. The number of benzene rings is 1. The molecule has 1 unspecified atom stereocenters. The average molecular weight is 277 g/mol. The number of hydrogen-bond donors (Lipinski definition) is 1. The molecule has 112 valence electrons. The molecule has 0 aliphatic carbocycles. The highest BCUT2D eigenvalue weighted by Gasteiger charge is 2.14. The Hall–Kier alpha value is -1.22. The van der Waals surface area contributed by atoms with E-state index in [1.165, 1.54) is 32.1 Å². The lowest BCUT2D eigenvalue weighted by Crippen LogP contribution is -2.18. The highest BCUT2D eigenvalue weighted by Crippen LogP contribution is 2.18. The Morgan fingerprint density at radius 3 is 2.75 bits per heavy atom. The van der Waals surface area contributed by atoms with Crippen molar-refractivity contribution >= 4 is 5.69 Å². The number of nitrogens with one attached hydrogen (secondary N) is 1. The summed E-state index contributed by atoms with van der Waals surface area (Å²) in [5.41, 5.74) is 1.14. The second kappa shape index (κ2) is 8.85. The SMILES string of the molecule is CCCCCCOc1ccc(NCC2CCCO2)cc1. The van der Waals surface area contributed by atoms with Gasteiger partial charge in [-0.05, 0) is 43.5 Å². The molecule has 0 aromatic heterocycles. The molecule has 1 saturated heterocycles. The van der Waals surface area contributed by atoms with Crippen molar-refractivity contribution in [2.75, 3.05) is 25.1 Å². The van der Waals surface area contributed by atoms with Crippen molar-refractivity contribution in [3.8, 4) is 5.75 Å². The number of anilines is 1. The first-order valence-corrected chi connectivity index (χ1v) is 7.97. The molecule has 1 aromatic carbocycles. The fraction of sp³-hybridized carbons (Fsp3) is 0.647. The van der Waals surface area contributed by atoms with E-state index in [0.717, 1.165) is 37.6 Å². The molecule has 0 spiro atoms. The van der Waals surface area contributed by atoms with Crippen LogP contribution in [0.4, 0.5) is 5.69 Å². The van der Waals surface area contributed by atoms with Gasteiger partial charge in [-0.2, -0.15) is 0 Å². The van der Waals surface area contributed by atoms with E-state index >= 15 is 0 Å². The summed E-state index contributed by atoms with van der Waals surface area (Å²) in [7, 11) is 0. The first kappa shape index (κ1) is 15.2. The minimum absolute atomic E-state index is 0.379. The molecule has 1 aromatic rings. The molecule has 1 heterocycles. The standard InChI is InChI=1S/C17H27NO2/c1-2-3-4-5-12-19-16-10-8-15(9-11-16)18-14-17-7-6-13-20-17/h8-11,17-18H,2-7,12-14H2,1H3. The van der Waals surface area contributed by atoms with E-state index in [0.29, 0.717) is 6.10 Å². The molecule has 0 radical (unpaired) electrons. The molecule has 1 fully saturated rings. The molecule has 1 atom stereocenters. The van der Waals surface area contributed by atoms with Crippen LogP contribution in [0.15, 0.2) is 24.3 Å². The fourth-order valence-corrected chi connectivity index (χ4v) is 2.42. The maximum atomic E-state index is 5.73. The first-order chi connectivity index (χ1) is 9.88. The van der Waals surface area contributed by atoms with Gasteiger partial charge in [0, 0.05) is 18.8 Å². The van der Waals surface area contributed by atoms with Crippen LogP contribution in [0.25, 0.3) is 0 Å². The van der Waals surface area contributed by atoms with Crippen LogP contribution in [0.2, 0.25) is 0 Å². The van der Waals surface area contributed by atoms with Crippen LogP contribution in [-0.4, -0.2) is 25.9 Å². The molecule has 1 aliphatic heterocycles. The van der Waals surface area contributed by atoms with E-state index < -0.39 is 0 Å². The zero-order valence-electron chi connectivity index (χ0n) is 12.6. The third-order valence-electron chi connectivity index (χ3n) is 3.68. The van der Waals surface area contributed by atoms with Gasteiger partial charge in [0.05, 0.1) is 12.7 Å². The monoisotopic (exact) mass is 277 g/mol. The van der Waals surface area contributed by atoms with Crippen molar-refractivity contribution in [2.24, 2.45) is 0 Å². The van der Waals surface area contributed by atoms with Crippen molar-refractivity contribution < 1.29 is 9.47 Å². The Kier molecular flexibility index (Phi) is 6.72. The smallest absolute Gasteiger partial charge is 0.119 e. The van der Waals surface area contributed by atoms with Gasteiger partial charge in [-0.15, -0.1) is 0 Å². The molecule has 0 saturated carbocycles. The summed E-state index contributed by atoms with van der Waals surface area (Å²) in [6.45, 7) is 4.86. The number of hydrogen-bond acceptors (Lipinski definition) is 3. The molecule has 0 amide bonds. The molecule has 1 N–H and O–H groups in total. The van der Waals surface area contributed by atoms with E-state index in [-0.39, 0.29) is 0 Å². The lowest BCUT2D eigenvalue weighted by molar-refractivity contribution is 0.120. The van der Waals surface area contributed by atoms with Crippen LogP contribution < -0.4 is 10.1 Å². The summed E-state index contributed by atoms with van der Waals surface area (Å²) in [4.78, 5) is 0. The van der Waals surface area contributed by atoms with Crippen LogP contribution in [0.1, 0.15) is 45.4 Å². The van der Waals surface area contributed by atoms with Gasteiger partial charge in [0.25, 0.3) is 0 Å². The molecule has 20 heavy (non-hydrogen) atoms. The molecular formula is C17H27NO2. The summed E-state index contributed by atoms with van der Waals surface area (Å²) in [6, 6.07) is 8.24. The Bertz CT molecular complexity index is 358. The van der Waals surface area contributed by atoms with E-state index in [4.69, 9.17) is 9.47 Å². The number of unbranched alkanes of at least 4 members (excludes halogenated alkanes) is 3. The number of ether oxygens (including phenoxy) is 2. The zero-order valence-corrected chi connectivity index (χ0v) is 12.6. The highest BCUT2D eigenvalue weighted by atomic mass is 16.5. The van der Waals surface area contributed by atoms with Crippen molar-refractivity contribution in [3.63, 3.8) is 0 Å². The van der Waals surface area contributed by atoms with Gasteiger partial charge in [-0.1, -0.05) is 26.2 Å². The second-order valence-electron chi connectivity index (χ2n) is 5.45. The van der Waals surface area contributed by atoms with Gasteiger partial charge >= 0.3 is 0 Å². The van der Waals surface area contributed by atoms with Crippen LogP contribution in [-0.2, 0) is 4.74 Å². The van der Waals surface area contributed by atoms with Gasteiger partial charge in [0.2, 0.25) is 0 Å². The average Bonchev–Trinajstić information content (AvgIpc) is 2.99. The highest BCUT2D eigenvalue weighted by molar-refractivity contribution is 5.46. The van der Waals surface area contributed by atoms with Crippen LogP contribution in [0.3, 0.4) is 0 Å². The summed E-state index contributed by atoms with van der Waals surface area (Å²) in [5, 5.41) is 3.42. The third kappa shape index (κ3) is 5.41. The summed E-state index contributed by atoms with van der Waals surface area (Å²) < 4.78 is 11.3. The first-order valence-electron chi connectivity index (χ1n) is 7.97. The molecule has 3 heteroatoms. The van der Waals surface area contributed by atoms with Crippen LogP contribution >= 0.6 is 0 Å². The summed E-state index contributed by atoms with van der Waals surface area (Å²) in [5.74, 6) is 0.962. The van der Waals surface area contributed by atoms with E-state index in [1.54, 1.807) is 0 Å². The van der Waals surface area contributed by atoms with E-state index in [9.17, 15) is 0 Å². The van der Waals surface area contributed by atoms with Crippen LogP contribution in [0.5, 0.6) is 5.75 Å². The van der Waals surface area contributed by atoms with Gasteiger partial charge < -0.3 is 14.8 Å². The van der Waals surface area contributed by atoms with Gasteiger partial charge in [-0.3, -0.25) is 0 Å². The molecule has 2 rings (SSSR count). The van der Waals surface area contributed by atoms with Gasteiger partial charge in [0.15, 0.2) is 0 Å². The van der Waals surface area contributed by atoms with E-state index in [2.05, 4.69) is 24.4 Å². The third-order valence-corrected chi connectivity index (χ3v) is 3.68. The maximum absolute atomic E-state index is 5.73. The topological polar surface area (TPSA) is 30.5 Å². The van der Waals surface area contributed by atoms with Crippen molar-refractivity contribution in [1.29, 1.82) is 0 Å². The van der Waals surface area contributed by atoms with E-state index in [1.807, 2.05) is 12.1 Å². The summed E-state index contributed by atoms with van der Waals surface area (Å²) >= 11 is 0. The number of rotatable bonds is 9. The Balaban J connectivity index is 1.64. The Morgan fingerprint density at radius 2 is 2.05 bits per heavy atom. The van der Waals surface area contributed by atoms with Crippen molar-refractivity contribution in [2.45, 2.75) is 51.6 Å². The maximum Gasteiger partial charge on any atom is 0.119 e. The summed E-state index contributed by atoms with van der Waals surface area (Å²) in [6.07, 6.45) is 7.72. The Labute approximate surface area is 122 Å². The normalized spacial score (nSPS) is 18.1. The lowest BCUT2D eigenvalue weighted by Gasteiger charge is -2.12. The van der Waals surface area contributed by atoms with Crippen molar-refractivity contribution in [3.05, 3.63) is 24.3 Å². The zero-order chi connectivity index (χ0) is 14.0. The fourth-order valence-electron chi connectivity index (χ4n) is 2.42. The van der Waals surface area contributed by atoms with Gasteiger partial charge in [0.1, 0.15) is 5.75 Å². The van der Waals surface area contributed by atoms with Crippen LogP contribution in [0, 0.1) is 0 Å².